The molecule has 0 bridgehead atoms. The maximum atomic E-state index is 12.3. The Kier molecular flexibility index (Phi) is 3.92. The lowest BCUT2D eigenvalue weighted by Crippen LogP contribution is -2.46. The van der Waals surface area contributed by atoms with E-state index in [0.717, 1.165) is 31.5 Å². The SMILES string of the molecule is CC(C(=O)c1ccccc1)N1CCC(N)CC1. The van der Waals surface area contributed by atoms with Crippen molar-refractivity contribution < 1.29 is 4.79 Å². The van der Waals surface area contributed by atoms with Crippen LogP contribution in [0.15, 0.2) is 30.3 Å². The smallest absolute Gasteiger partial charge is 0.179 e. The summed E-state index contributed by atoms with van der Waals surface area (Å²) in [4.78, 5) is 14.5. The second kappa shape index (κ2) is 5.43. The van der Waals surface area contributed by atoms with Crippen molar-refractivity contribution in [3.8, 4) is 0 Å². The minimum absolute atomic E-state index is 0.0371. The van der Waals surface area contributed by atoms with E-state index in [-0.39, 0.29) is 11.8 Å². The molecule has 0 amide bonds. The van der Waals surface area contributed by atoms with E-state index in [4.69, 9.17) is 5.73 Å². The second-order valence-corrected chi connectivity index (χ2v) is 4.78. The van der Waals surface area contributed by atoms with E-state index < -0.39 is 0 Å². The molecule has 1 fully saturated rings. The lowest BCUT2D eigenvalue weighted by Gasteiger charge is -2.34. The molecule has 1 aliphatic rings. The van der Waals surface area contributed by atoms with Crippen molar-refractivity contribution in [1.82, 2.24) is 4.90 Å². The fraction of sp³-hybridized carbons (Fsp3) is 0.500. The average molecular weight is 232 g/mol. The Bertz CT molecular complexity index is 369. The second-order valence-electron chi connectivity index (χ2n) is 4.78. The van der Waals surface area contributed by atoms with E-state index in [2.05, 4.69) is 4.90 Å². The van der Waals surface area contributed by atoms with Crippen LogP contribution >= 0.6 is 0 Å². The fourth-order valence-electron chi connectivity index (χ4n) is 2.32. The van der Waals surface area contributed by atoms with Crippen LogP contribution in [0.5, 0.6) is 0 Å². The summed E-state index contributed by atoms with van der Waals surface area (Å²) in [5, 5.41) is 0. The Balaban J connectivity index is 2.00. The molecule has 0 aliphatic carbocycles. The molecule has 0 aromatic heterocycles. The highest BCUT2D eigenvalue weighted by Crippen LogP contribution is 2.15. The van der Waals surface area contributed by atoms with E-state index >= 15 is 0 Å². The Morgan fingerprint density at radius 2 is 1.88 bits per heavy atom. The topological polar surface area (TPSA) is 46.3 Å². The zero-order chi connectivity index (χ0) is 12.3. The molecule has 1 aliphatic heterocycles. The van der Waals surface area contributed by atoms with Crippen LogP contribution in [0.4, 0.5) is 0 Å². The molecule has 1 aromatic carbocycles. The van der Waals surface area contributed by atoms with Gasteiger partial charge in [0.15, 0.2) is 5.78 Å². The van der Waals surface area contributed by atoms with Gasteiger partial charge in [-0.2, -0.15) is 0 Å². The zero-order valence-electron chi connectivity index (χ0n) is 10.3. The van der Waals surface area contributed by atoms with Crippen molar-refractivity contribution in [1.29, 1.82) is 0 Å². The number of nitrogens with zero attached hydrogens (tertiary/aromatic N) is 1. The number of Topliss-reactive ketones (excluding diaryl/α,β-unsaturated/α-hetero) is 1. The van der Waals surface area contributed by atoms with Crippen LogP contribution in [0.1, 0.15) is 30.1 Å². The molecule has 1 heterocycles. The van der Waals surface area contributed by atoms with Gasteiger partial charge in [0.05, 0.1) is 6.04 Å². The van der Waals surface area contributed by atoms with Gasteiger partial charge in [0, 0.05) is 24.7 Å². The van der Waals surface area contributed by atoms with E-state index in [1.807, 2.05) is 37.3 Å². The normalized spacial score (nSPS) is 20.1. The largest absolute Gasteiger partial charge is 0.328 e. The third-order valence-corrected chi connectivity index (χ3v) is 3.56. The highest BCUT2D eigenvalue weighted by molar-refractivity contribution is 5.99. The van der Waals surface area contributed by atoms with Crippen LogP contribution in [-0.4, -0.2) is 35.9 Å². The van der Waals surface area contributed by atoms with Gasteiger partial charge in [-0.25, -0.2) is 0 Å². The Labute approximate surface area is 103 Å². The predicted molar refractivity (Wildman–Crippen MR) is 69.0 cm³/mol. The lowest BCUT2D eigenvalue weighted by molar-refractivity contribution is 0.0798. The van der Waals surface area contributed by atoms with Crippen LogP contribution in [-0.2, 0) is 0 Å². The first-order chi connectivity index (χ1) is 8.18. The summed E-state index contributed by atoms with van der Waals surface area (Å²) in [5.41, 5.74) is 6.67. The van der Waals surface area contributed by atoms with Crippen molar-refractivity contribution in [2.45, 2.75) is 31.8 Å². The number of benzene rings is 1. The van der Waals surface area contributed by atoms with Crippen LogP contribution in [0.3, 0.4) is 0 Å². The maximum absolute atomic E-state index is 12.3. The molecule has 1 unspecified atom stereocenters. The molecular formula is C14H20N2O. The zero-order valence-corrected chi connectivity index (χ0v) is 10.3. The molecule has 0 radical (unpaired) electrons. The minimum atomic E-state index is -0.0371. The first-order valence-electron chi connectivity index (χ1n) is 6.27. The Morgan fingerprint density at radius 3 is 2.47 bits per heavy atom. The summed E-state index contributed by atoms with van der Waals surface area (Å²) in [6.45, 7) is 3.86. The van der Waals surface area contributed by atoms with Gasteiger partial charge in [0.1, 0.15) is 0 Å². The highest BCUT2D eigenvalue weighted by Gasteiger charge is 2.25. The van der Waals surface area contributed by atoms with Crippen molar-refractivity contribution in [2.75, 3.05) is 13.1 Å². The fourth-order valence-corrected chi connectivity index (χ4v) is 2.32. The van der Waals surface area contributed by atoms with Crippen LogP contribution in [0.2, 0.25) is 0 Å². The number of nitrogens with two attached hydrogens (primary N) is 1. The first kappa shape index (κ1) is 12.3. The van der Waals surface area contributed by atoms with Crippen LogP contribution in [0.25, 0.3) is 0 Å². The van der Waals surface area contributed by atoms with Crippen molar-refractivity contribution in [3.05, 3.63) is 35.9 Å². The number of ketones is 1. The lowest BCUT2D eigenvalue weighted by atomic mass is 10.00. The summed E-state index contributed by atoms with van der Waals surface area (Å²) < 4.78 is 0. The monoisotopic (exact) mass is 232 g/mol. The first-order valence-corrected chi connectivity index (χ1v) is 6.27. The van der Waals surface area contributed by atoms with Crippen molar-refractivity contribution >= 4 is 5.78 Å². The van der Waals surface area contributed by atoms with Crippen molar-refractivity contribution in [3.63, 3.8) is 0 Å². The molecule has 2 N–H and O–H groups in total. The molecule has 1 aromatic rings. The number of rotatable bonds is 3. The summed E-state index contributed by atoms with van der Waals surface area (Å²) in [5.74, 6) is 0.209. The summed E-state index contributed by atoms with van der Waals surface area (Å²) in [6.07, 6.45) is 1.98. The molecule has 1 saturated heterocycles. The predicted octanol–water partition coefficient (Wildman–Crippen LogP) is 1.68. The molecule has 17 heavy (non-hydrogen) atoms. The molecule has 0 spiro atoms. The molecule has 3 heteroatoms. The standard InChI is InChI=1S/C14H20N2O/c1-11(16-9-7-13(15)8-10-16)14(17)12-5-3-2-4-6-12/h2-6,11,13H,7-10,15H2,1H3. The van der Waals surface area contributed by atoms with Gasteiger partial charge in [0.25, 0.3) is 0 Å². The molecular weight excluding hydrogens is 212 g/mol. The van der Waals surface area contributed by atoms with Crippen molar-refractivity contribution in [2.24, 2.45) is 5.73 Å². The number of likely N-dealkylation sites (tertiary alicyclic amines) is 1. The quantitative estimate of drug-likeness (QED) is 0.807. The highest BCUT2D eigenvalue weighted by atomic mass is 16.1. The van der Waals surface area contributed by atoms with Gasteiger partial charge in [-0.3, -0.25) is 9.69 Å². The van der Waals surface area contributed by atoms with Gasteiger partial charge in [-0.05, 0) is 19.8 Å². The minimum Gasteiger partial charge on any atom is -0.328 e. The van der Waals surface area contributed by atoms with Gasteiger partial charge in [0.2, 0.25) is 0 Å². The number of hydrogen-bond donors (Lipinski definition) is 1. The number of piperidine rings is 1. The van der Waals surface area contributed by atoms with E-state index in [1.165, 1.54) is 0 Å². The average Bonchev–Trinajstić information content (AvgIpc) is 2.39. The number of carbonyl (C=O) groups is 1. The van der Waals surface area contributed by atoms with Gasteiger partial charge < -0.3 is 5.73 Å². The number of carbonyl (C=O) groups excluding carboxylic acids is 1. The third-order valence-electron chi connectivity index (χ3n) is 3.56. The molecule has 3 nitrogen and oxygen atoms in total. The molecule has 0 saturated carbocycles. The Hall–Kier alpha value is -1.19. The van der Waals surface area contributed by atoms with E-state index in [0.29, 0.717) is 6.04 Å². The third kappa shape index (κ3) is 2.93. The van der Waals surface area contributed by atoms with E-state index in [1.54, 1.807) is 0 Å². The van der Waals surface area contributed by atoms with Gasteiger partial charge in [-0.1, -0.05) is 30.3 Å². The molecule has 92 valence electrons. The maximum Gasteiger partial charge on any atom is 0.179 e. The summed E-state index contributed by atoms with van der Waals surface area (Å²) in [7, 11) is 0. The summed E-state index contributed by atoms with van der Waals surface area (Å²) in [6, 6.07) is 9.79. The van der Waals surface area contributed by atoms with Gasteiger partial charge >= 0.3 is 0 Å². The van der Waals surface area contributed by atoms with E-state index in [9.17, 15) is 4.79 Å². The molecule has 2 rings (SSSR count). The number of hydrogen-bond acceptors (Lipinski definition) is 3. The van der Waals surface area contributed by atoms with Crippen LogP contribution in [0, 0.1) is 0 Å². The van der Waals surface area contributed by atoms with Gasteiger partial charge in [-0.15, -0.1) is 0 Å². The Morgan fingerprint density at radius 1 is 1.29 bits per heavy atom. The van der Waals surface area contributed by atoms with Crippen LogP contribution < -0.4 is 5.73 Å². The molecule has 1 atom stereocenters. The summed E-state index contributed by atoms with van der Waals surface area (Å²) >= 11 is 0.